The Bertz CT molecular complexity index is 3420. The number of nitrogens with one attached hydrogen (secondary N) is 1. The van der Waals surface area contributed by atoms with Crippen LogP contribution >= 0.6 is 0 Å². The van der Waals surface area contributed by atoms with Crippen molar-refractivity contribution in [1.29, 1.82) is 0 Å². The molecule has 2 fully saturated rings. The van der Waals surface area contributed by atoms with Crippen molar-refractivity contribution >= 4 is 63.8 Å². The van der Waals surface area contributed by atoms with Crippen LogP contribution in [0.25, 0.3) is 22.3 Å². The van der Waals surface area contributed by atoms with Crippen molar-refractivity contribution in [3.63, 3.8) is 0 Å². The quantitative estimate of drug-likeness (QED) is 0.0251. The van der Waals surface area contributed by atoms with Crippen LogP contribution in [0.4, 0.5) is 10.5 Å². The minimum atomic E-state index is -1.96. The van der Waals surface area contributed by atoms with E-state index in [1.165, 1.54) is 4.90 Å². The van der Waals surface area contributed by atoms with E-state index in [0.29, 0.717) is 81.2 Å². The van der Waals surface area contributed by atoms with Gasteiger partial charge in [-0.05, 0) is 106 Å². The molecule has 1 N–H and O–H groups in total. The molecule has 5 aromatic rings. The number of esters is 1. The Balaban J connectivity index is 0.666. The maximum Gasteiger partial charge on any atom is 0.510 e. The Kier molecular flexibility index (Phi) is 20.9. The average molecular weight is 1180 g/mol. The Hall–Kier alpha value is -7.78. The summed E-state index contributed by atoms with van der Waals surface area (Å²) in [5.41, 5.74) is 4.97. The van der Waals surface area contributed by atoms with Crippen LogP contribution in [0.5, 0.6) is 0 Å². The molecule has 1 saturated heterocycles. The third-order valence-corrected chi connectivity index (χ3v) is 17.3. The SMILES string of the molecule is CCCCCC(CC(=O)COCC(=O)CCCOCCn1cc(CCC(=O)C2CCC(CN3C(=O)C[C@H](C)C3=O)CC2)nn1)C(=O)Nc1ccc(COC(=O)OC2(CC)C(=O)OCc3c2cc2n(c3=O)Cc3c-2nc2ccc(C)cc2c3CC)cc1. The monoisotopic (exact) mass is 1180 g/mol. The number of aryl methyl sites for hydroxylation is 3. The number of benzene rings is 2. The van der Waals surface area contributed by atoms with Crippen LogP contribution in [0.15, 0.2) is 59.5 Å². The zero-order valence-corrected chi connectivity index (χ0v) is 50.1. The molecule has 86 heavy (non-hydrogen) atoms. The first-order chi connectivity index (χ1) is 41.5. The number of unbranched alkanes of at least 4 members (excludes halogenated alkanes) is 2. The molecule has 9 rings (SSSR count). The number of nitrogens with zero attached hydrogens (tertiary/aromatic N) is 6. The van der Waals surface area contributed by atoms with E-state index in [-0.39, 0.29) is 122 Å². The predicted octanol–water partition coefficient (Wildman–Crippen LogP) is 8.78. The number of aromatic nitrogens is 5. The standard InChI is InChI=1S/C65H79N7O14/c1-6-9-10-12-45(31-49(74)38-83-37-48(73)13-11-27-82-28-26-70-34-47(68-69-70)23-25-57(75)44-19-15-42(16-20-44)33-72-58(76)30-41(5)61(72)78)60(77)66-46-21-17-43(18-22-46)36-85-64(81)86-65(8-3)54-32-56-59-52(35-71(56)62(79)53(54)39-84-63(65)80)50(7-2)51-29-40(4)14-24-55(51)67-59/h14,17-18,21-22,24,29,32,34,41-42,44-45H,6-13,15-16,19-20,23,25-28,30-31,33,35-39H2,1-5H3,(H,66,77)/t41-,42?,44?,45?,65?/m0/s1. The highest BCUT2D eigenvalue weighted by atomic mass is 16.7. The number of amides is 3. The third kappa shape index (κ3) is 14.7. The lowest BCUT2D eigenvalue weighted by molar-refractivity contribution is -0.175. The molecule has 4 aliphatic rings. The van der Waals surface area contributed by atoms with Crippen LogP contribution in [0, 0.1) is 30.6 Å². The Morgan fingerprint density at radius 2 is 1.65 bits per heavy atom. The molecule has 1 aliphatic carbocycles. The summed E-state index contributed by atoms with van der Waals surface area (Å²) in [5.74, 6) is -2.27. The number of ether oxygens (including phenoxy) is 5. The highest BCUT2D eigenvalue weighted by Crippen LogP contribution is 2.43. The van der Waals surface area contributed by atoms with Crippen LogP contribution in [0.1, 0.15) is 157 Å². The van der Waals surface area contributed by atoms with Crippen molar-refractivity contribution in [3.05, 3.63) is 104 Å². The number of Topliss-reactive ketones (excluding diaryl/α,β-unsaturated/α-hetero) is 3. The predicted molar refractivity (Wildman–Crippen MR) is 315 cm³/mol. The van der Waals surface area contributed by atoms with Gasteiger partial charge in [0.05, 0.1) is 47.9 Å². The largest absolute Gasteiger partial charge is 0.510 e. The summed E-state index contributed by atoms with van der Waals surface area (Å²) in [4.78, 5) is 125. The van der Waals surface area contributed by atoms with Crippen LogP contribution in [0.2, 0.25) is 0 Å². The first-order valence-corrected chi connectivity index (χ1v) is 30.6. The zero-order valence-electron chi connectivity index (χ0n) is 50.1. The lowest BCUT2D eigenvalue weighted by Gasteiger charge is -2.35. The Morgan fingerprint density at radius 3 is 2.38 bits per heavy atom. The van der Waals surface area contributed by atoms with Crippen molar-refractivity contribution in [2.75, 3.05) is 38.3 Å². The van der Waals surface area contributed by atoms with E-state index < -0.39 is 23.6 Å². The van der Waals surface area contributed by atoms with E-state index in [2.05, 4.69) is 28.6 Å². The first-order valence-electron chi connectivity index (χ1n) is 30.6. The minimum Gasteiger partial charge on any atom is -0.457 e. The molecular formula is C65H79N7O14. The smallest absolute Gasteiger partial charge is 0.457 e. The molecule has 458 valence electrons. The number of hydrogen-bond donors (Lipinski definition) is 1. The summed E-state index contributed by atoms with van der Waals surface area (Å²) >= 11 is 0. The van der Waals surface area contributed by atoms with Crippen molar-refractivity contribution in [3.8, 4) is 11.4 Å². The summed E-state index contributed by atoms with van der Waals surface area (Å²) < 4.78 is 31.4. The van der Waals surface area contributed by atoms with Gasteiger partial charge in [0.2, 0.25) is 23.3 Å². The number of likely N-dealkylation sites (tertiary alicyclic amines) is 1. The molecule has 6 heterocycles. The van der Waals surface area contributed by atoms with Crippen molar-refractivity contribution in [2.24, 2.45) is 23.7 Å². The van der Waals surface area contributed by atoms with Gasteiger partial charge in [-0.15, -0.1) is 5.10 Å². The van der Waals surface area contributed by atoms with Gasteiger partial charge < -0.3 is 33.6 Å². The highest BCUT2D eigenvalue weighted by Gasteiger charge is 2.51. The van der Waals surface area contributed by atoms with Gasteiger partial charge >= 0.3 is 12.1 Å². The second-order valence-electron chi connectivity index (χ2n) is 23.5. The lowest BCUT2D eigenvalue weighted by Crippen LogP contribution is -2.47. The minimum absolute atomic E-state index is 0.0205. The van der Waals surface area contributed by atoms with Gasteiger partial charge in [-0.25, -0.2) is 19.3 Å². The van der Waals surface area contributed by atoms with Crippen LogP contribution in [0.3, 0.4) is 0 Å². The molecule has 0 bridgehead atoms. The number of carbonyl (C=O) groups is 8. The Morgan fingerprint density at radius 1 is 0.872 bits per heavy atom. The van der Waals surface area contributed by atoms with E-state index in [9.17, 15) is 43.2 Å². The summed E-state index contributed by atoms with van der Waals surface area (Å²) in [6.07, 6.45) is 9.28. The van der Waals surface area contributed by atoms with Gasteiger partial charge in [-0.3, -0.25) is 38.5 Å². The van der Waals surface area contributed by atoms with E-state index in [1.807, 2.05) is 26.0 Å². The van der Waals surface area contributed by atoms with Crippen molar-refractivity contribution in [1.82, 2.24) is 29.4 Å². The molecule has 0 radical (unpaired) electrons. The van der Waals surface area contributed by atoms with Crippen molar-refractivity contribution in [2.45, 2.75) is 169 Å². The number of hydrogen-bond acceptors (Lipinski definition) is 17. The number of cyclic esters (lactones) is 1. The summed E-state index contributed by atoms with van der Waals surface area (Å²) in [5, 5.41) is 12.3. The van der Waals surface area contributed by atoms with Gasteiger partial charge in [-0.2, -0.15) is 0 Å². The van der Waals surface area contributed by atoms with Crippen LogP contribution < -0.4 is 10.9 Å². The van der Waals surface area contributed by atoms with Gasteiger partial charge in [0.25, 0.3) is 5.56 Å². The second-order valence-corrected chi connectivity index (χ2v) is 23.5. The molecule has 0 spiro atoms. The molecule has 1 saturated carbocycles. The zero-order chi connectivity index (χ0) is 61.1. The maximum absolute atomic E-state index is 14.2. The molecule has 2 unspecified atom stereocenters. The number of anilines is 1. The number of ketones is 3. The van der Waals surface area contributed by atoms with Gasteiger partial charge in [0.1, 0.15) is 32.2 Å². The van der Waals surface area contributed by atoms with E-state index in [4.69, 9.17) is 28.7 Å². The van der Waals surface area contributed by atoms with Crippen LogP contribution in [-0.2, 0) is 102 Å². The third-order valence-electron chi connectivity index (χ3n) is 17.3. The fourth-order valence-electron chi connectivity index (χ4n) is 12.3. The fourth-order valence-corrected chi connectivity index (χ4v) is 12.3. The second kappa shape index (κ2) is 28.6. The maximum atomic E-state index is 14.2. The van der Waals surface area contributed by atoms with Gasteiger partial charge in [0.15, 0.2) is 11.6 Å². The number of imide groups is 1. The number of rotatable bonds is 30. The fraction of sp³-hybridized carbons (Fsp3) is 0.538. The van der Waals surface area contributed by atoms with Gasteiger partial charge in [0, 0.05) is 91.4 Å². The molecule has 21 nitrogen and oxygen atoms in total. The molecule has 21 heteroatoms. The summed E-state index contributed by atoms with van der Waals surface area (Å²) in [7, 11) is 0. The van der Waals surface area contributed by atoms with E-state index >= 15 is 0 Å². The average Bonchev–Trinajstić information content (AvgIpc) is 1.58. The highest BCUT2D eigenvalue weighted by molar-refractivity contribution is 6.03. The first kappa shape index (κ1) is 62.7. The number of pyridine rings is 2. The van der Waals surface area contributed by atoms with Crippen molar-refractivity contribution < 1.29 is 62.0 Å². The normalized spacial score (nSPS) is 19.2. The number of carbonyl (C=O) groups excluding carboxylic acids is 8. The summed E-state index contributed by atoms with van der Waals surface area (Å²) in [6.45, 7) is 10.4. The lowest BCUT2D eigenvalue weighted by atomic mass is 9.79. The Labute approximate surface area is 500 Å². The molecular weight excluding hydrogens is 1100 g/mol. The molecule has 3 aliphatic heterocycles. The van der Waals surface area contributed by atoms with E-state index in [0.717, 1.165) is 84.7 Å². The molecule has 2 aromatic carbocycles. The molecule has 3 amide bonds. The molecule has 3 aromatic heterocycles. The van der Waals surface area contributed by atoms with Crippen LogP contribution in [-0.4, -0.2) is 110 Å². The number of fused-ring (bicyclic) bond motifs is 5. The van der Waals surface area contributed by atoms with E-state index in [1.54, 1.807) is 59.6 Å². The van der Waals surface area contributed by atoms with Gasteiger partial charge in [-0.1, -0.05) is 75.9 Å². The topological polar surface area (TPSA) is 264 Å². The summed E-state index contributed by atoms with van der Waals surface area (Å²) in [6, 6.07) is 14.4. The molecule has 3 atom stereocenters.